The monoisotopic (exact) mass is 143 g/mol. The molecule has 0 spiro atoms. The van der Waals surface area contributed by atoms with Gasteiger partial charge in [0.25, 0.3) is 0 Å². The Bertz CT molecular complexity index is 197. The van der Waals surface area contributed by atoms with Crippen LogP contribution < -0.4 is 5.32 Å². The maximum absolute atomic E-state index is 10.2. The van der Waals surface area contributed by atoms with Crippen LogP contribution >= 0.6 is 12.2 Å². The summed E-state index contributed by atoms with van der Waals surface area (Å²) in [4.78, 5) is 10.7. The van der Waals surface area contributed by atoms with Crippen LogP contribution in [0.5, 0.6) is 0 Å². The predicted molar refractivity (Wildman–Crippen MR) is 36.1 cm³/mol. The molecule has 1 aliphatic rings. The van der Waals surface area contributed by atoms with Gasteiger partial charge in [0, 0.05) is 6.42 Å². The van der Waals surface area contributed by atoms with Crippen molar-refractivity contribution in [3.8, 4) is 0 Å². The van der Waals surface area contributed by atoms with Crippen molar-refractivity contribution in [2.24, 2.45) is 0 Å². The average molecular weight is 143 g/mol. The number of nitrogens with one attached hydrogen (secondary N) is 1. The summed E-state index contributed by atoms with van der Waals surface area (Å²) in [6, 6.07) is 0. The Hall–Kier alpha value is -0.900. The molecule has 0 saturated heterocycles. The molecule has 48 valence electrons. The first-order valence-corrected chi connectivity index (χ1v) is 2.84. The van der Waals surface area contributed by atoms with Gasteiger partial charge < -0.3 is 10.4 Å². The molecule has 0 saturated carbocycles. The second-order valence-electron chi connectivity index (χ2n) is 1.68. The number of hydrogen-bond acceptors (Lipinski definition) is 2. The molecule has 3 nitrogen and oxygen atoms in total. The second kappa shape index (κ2) is 2.14. The highest BCUT2D eigenvalue weighted by molar-refractivity contribution is 7.80. The van der Waals surface area contributed by atoms with Crippen molar-refractivity contribution in [1.29, 1.82) is 0 Å². The SMILES string of the molecule is O=C(O)C1=CCC(=S)N1. The third-order valence-corrected chi connectivity index (χ3v) is 1.26. The Labute approximate surface area is 57.4 Å². The molecule has 0 aromatic heterocycles. The standard InChI is InChI=1S/C5H5NO2S/c7-5(8)3-1-2-4(9)6-3/h1H,2H2,(H,6,9)(H,7,8). The maximum atomic E-state index is 10.2. The van der Waals surface area contributed by atoms with Crippen molar-refractivity contribution in [3.05, 3.63) is 11.8 Å². The van der Waals surface area contributed by atoms with Gasteiger partial charge in [-0.3, -0.25) is 0 Å². The summed E-state index contributed by atoms with van der Waals surface area (Å²) in [7, 11) is 0. The molecule has 0 aliphatic carbocycles. The zero-order valence-corrected chi connectivity index (χ0v) is 5.36. The zero-order valence-electron chi connectivity index (χ0n) is 4.55. The van der Waals surface area contributed by atoms with Gasteiger partial charge in [-0.2, -0.15) is 0 Å². The molecule has 0 fully saturated rings. The fourth-order valence-corrected chi connectivity index (χ4v) is 0.781. The third kappa shape index (κ3) is 1.26. The number of thiocarbonyl (C=S) groups is 1. The van der Waals surface area contributed by atoms with Crippen LogP contribution in [0.4, 0.5) is 0 Å². The first-order valence-electron chi connectivity index (χ1n) is 2.43. The van der Waals surface area contributed by atoms with E-state index in [1.165, 1.54) is 0 Å². The number of carboxylic acid groups (broad SMARTS) is 1. The van der Waals surface area contributed by atoms with Crippen LogP contribution in [0, 0.1) is 0 Å². The second-order valence-corrected chi connectivity index (χ2v) is 2.17. The molecule has 1 heterocycles. The molecule has 1 aliphatic heterocycles. The number of aliphatic carboxylic acids is 1. The highest BCUT2D eigenvalue weighted by Crippen LogP contribution is 2.02. The van der Waals surface area contributed by atoms with Gasteiger partial charge in [0.15, 0.2) is 0 Å². The van der Waals surface area contributed by atoms with Gasteiger partial charge in [0.05, 0.1) is 4.99 Å². The van der Waals surface area contributed by atoms with Crippen LogP contribution in [0.2, 0.25) is 0 Å². The minimum absolute atomic E-state index is 0.194. The van der Waals surface area contributed by atoms with E-state index in [1.54, 1.807) is 6.08 Å². The average Bonchev–Trinajstić information content (AvgIpc) is 2.14. The van der Waals surface area contributed by atoms with E-state index in [0.717, 1.165) is 0 Å². The Morgan fingerprint density at radius 2 is 2.56 bits per heavy atom. The Morgan fingerprint density at radius 3 is 2.78 bits per heavy atom. The lowest BCUT2D eigenvalue weighted by molar-refractivity contribution is -0.132. The molecule has 4 heteroatoms. The van der Waals surface area contributed by atoms with E-state index in [2.05, 4.69) is 17.5 Å². The van der Waals surface area contributed by atoms with E-state index in [0.29, 0.717) is 11.4 Å². The molecule has 0 aromatic rings. The van der Waals surface area contributed by atoms with E-state index in [1.807, 2.05) is 0 Å². The highest BCUT2D eigenvalue weighted by atomic mass is 32.1. The number of rotatable bonds is 1. The summed E-state index contributed by atoms with van der Waals surface area (Å²) in [5, 5.41) is 10.9. The Kier molecular flexibility index (Phi) is 1.48. The number of carboxylic acids is 1. The molecule has 2 N–H and O–H groups in total. The van der Waals surface area contributed by atoms with Gasteiger partial charge in [-0.05, 0) is 6.08 Å². The number of carbonyl (C=O) groups is 1. The van der Waals surface area contributed by atoms with Crippen molar-refractivity contribution >= 4 is 23.2 Å². The summed E-state index contributed by atoms with van der Waals surface area (Å²) in [6.45, 7) is 0. The summed E-state index contributed by atoms with van der Waals surface area (Å²) < 4.78 is 0. The largest absolute Gasteiger partial charge is 0.477 e. The summed E-state index contributed by atoms with van der Waals surface area (Å²) in [5.41, 5.74) is 0.194. The topological polar surface area (TPSA) is 49.3 Å². The van der Waals surface area contributed by atoms with Gasteiger partial charge in [-0.15, -0.1) is 0 Å². The maximum Gasteiger partial charge on any atom is 0.351 e. The summed E-state index contributed by atoms with van der Waals surface area (Å²) in [6.07, 6.45) is 2.11. The molecule has 0 bridgehead atoms. The smallest absolute Gasteiger partial charge is 0.351 e. The molecule has 0 atom stereocenters. The summed E-state index contributed by atoms with van der Waals surface area (Å²) >= 11 is 4.69. The molecular formula is C5H5NO2S. The van der Waals surface area contributed by atoms with E-state index in [-0.39, 0.29) is 5.70 Å². The first kappa shape index (κ1) is 6.22. The minimum atomic E-state index is -0.949. The minimum Gasteiger partial charge on any atom is -0.477 e. The van der Waals surface area contributed by atoms with E-state index >= 15 is 0 Å². The van der Waals surface area contributed by atoms with Crippen LogP contribution in [0.3, 0.4) is 0 Å². The van der Waals surface area contributed by atoms with E-state index < -0.39 is 5.97 Å². The Morgan fingerprint density at radius 1 is 1.89 bits per heavy atom. The van der Waals surface area contributed by atoms with Crippen LogP contribution in [-0.2, 0) is 4.79 Å². The molecule has 0 amide bonds. The fraction of sp³-hybridized carbons (Fsp3) is 0.200. The molecule has 0 radical (unpaired) electrons. The quantitative estimate of drug-likeness (QED) is 0.517. The van der Waals surface area contributed by atoms with Crippen LogP contribution in [0.1, 0.15) is 6.42 Å². The van der Waals surface area contributed by atoms with Crippen LogP contribution in [-0.4, -0.2) is 16.1 Å². The molecule has 1 rings (SSSR count). The van der Waals surface area contributed by atoms with Crippen LogP contribution in [0.25, 0.3) is 0 Å². The van der Waals surface area contributed by atoms with Gasteiger partial charge in [0.1, 0.15) is 5.70 Å². The third-order valence-electron chi connectivity index (χ3n) is 0.996. The van der Waals surface area contributed by atoms with Crippen molar-refractivity contribution < 1.29 is 9.90 Å². The fourth-order valence-electron chi connectivity index (χ4n) is 0.588. The van der Waals surface area contributed by atoms with Gasteiger partial charge >= 0.3 is 5.97 Å². The van der Waals surface area contributed by atoms with E-state index in [4.69, 9.17) is 5.11 Å². The molecule has 0 aromatic carbocycles. The van der Waals surface area contributed by atoms with Crippen molar-refractivity contribution in [2.75, 3.05) is 0 Å². The molecule has 9 heavy (non-hydrogen) atoms. The van der Waals surface area contributed by atoms with Gasteiger partial charge in [-0.25, -0.2) is 4.79 Å². The summed E-state index contributed by atoms with van der Waals surface area (Å²) in [5.74, 6) is -0.949. The van der Waals surface area contributed by atoms with Crippen molar-refractivity contribution in [1.82, 2.24) is 5.32 Å². The highest BCUT2D eigenvalue weighted by Gasteiger charge is 2.13. The first-order chi connectivity index (χ1) is 4.20. The van der Waals surface area contributed by atoms with Crippen molar-refractivity contribution in [2.45, 2.75) is 6.42 Å². The lowest BCUT2D eigenvalue weighted by Crippen LogP contribution is -2.18. The van der Waals surface area contributed by atoms with Crippen LogP contribution in [0.15, 0.2) is 11.8 Å². The molecule has 0 unspecified atom stereocenters. The lowest BCUT2D eigenvalue weighted by atomic mass is 10.4. The lowest BCUT2D eigenvalue weighted by Gasteiger charge is -1.94. The van der Waals surface area contributed by atoms with Gasteiger partial charge in [0.2, 0.25) is 0 Å². The van der Waals surface area contributed by atoms with Gasteiger partial charge in [-0.1, -0.05) is 12.2 Å². The number of hydrogen-bond donors (Lipinski definition) is 2. The zero-order chi connectivity index (χ0) is 6.85. The predicted octanol–water partition coefficient (Wildman–Crippen LogP) is 0.276. The molecular weight excluding hydrogens is 138 g/mol. The Balaban J connectivity index is 2.65. The van der Waals surface area contributed by atoms with Crippen molar-refractivity contribution in [3.63, 3.8) is 0 Å². The normalized spacial score (nSPS) is 16.9. The van der Waals surface area contributed by atoms with E-state index in [9.17, 15) is 4.79 Å².